The molecule has 6 nitrogen and oxygen atoms in total. The second-order valence-electron chi connectivity index (χ2n) is 6.09. The molecule has 0 aliphatic rings. The van der Waals surface area contributed by atoms with Crippen LogP contribution in [0.15, 0.2) is 63.8 Å². The summed E-state index contributed by atoms with van der Waals surface area (Å²) in [7, 11) is 0. The number of rotatable bonds is 6. The minimum Gasteiger partial charge on any atom is -0.489 e. The van der Waals surface area contributed by atoms with E-state index < -0.39 is 0 Å². The summed E-state index contributed by atoms with van der Waals surface area (Å²) in [5.41, 5.74) is 15.3. The van der Waals surface area contributed by atoms with E-state index in [2.05, 4.69) is 21.6 Å². The lowest BCUT2D eigenvalue weighted by Gasteiger charge is -2.05. The Morgan fingerprint density at radius 3 is 2.59 bits per heavy atom. The zero-order chi connectivity index (χ0) is 18.6. The van der Waals surface area contributed by atoms with Crippen molar-refractivity contribution in [2.24, 2.45) is 0 Å². The third kappa shape index (κ3) is 4.09. The van der Waals surface area contributed by atoms with Crippen LogP contribution in [0.25, 0.3) is 11.3 Å². The van der Waals surface area contributed by atoms with E-state index >= 15 is 0 Å². The summed E-state index contributed by atoms with van der Waals surface area (Å²) in [6, 6.07) is 15.4. The van der Waals surface area contributed by atoms with E-state index in [1.54, 1.807) is 23.5 Å². The number of anilines is 2. The topological polar surface area (TPSA) is 100 Å². The number of hydrogen-bond acceptors (Lipinski definition) is 7. The van der Waals surface area contributed by atoms with Gasteiger partial charge >= 0.3 is 0 Å². The lowest BCUT2D eigenvalue weighted by molar-refractivity contribution is 0.306. The van der Waals surface area contributed by atoms with Gasteiger partial charge in [0.2, 0.25) is 0 Å². The molecule has 4 aromatic rings. The molecule has 1 aromatic carbocycles. The van der Waals surface area contributed by atoms with Gasteiger partial charge in [0.1, 0.15) is 24.0 Å². The summed E-state index contributed by atoms with van der Waals surface area (Å²) < 4.78 is 11.2. The fourth-order valence-corrected chi connectivity index (χ4v) is 3.33. The first-order valence-corrected chi connectivity index (χ1v) is 9.32. The van der Waals surface area contributed by atoms with E-state index in [1.807, 2.05) is 35.7 Å². The highest BCUT2D eigenvalue weighted by Gasteiger charge is 2.11. The fraction of sp³-hybridized carbons (Fsp3) is 0.100. The smallest absolute Gasteiger partial charge is 0.170 e. The Bertz CT molecular complexity index is 1030. The molecule has 0 fully saturated rings. The van der Waals surface area contributed by atoms with Crippen LogP contribution in [-0.4, -0.2) is 10.1 Å². The second-order valence-corrected chi connectivity index (χ2v) is 6.87. The summed E-state index contributed by atoms with van der Waals surface area (Å²) >= 11 is 1.67. The summed E-state index contributed by atoms with van der Waals surface area (Å²) in [5.74, 6) is 2.11. The van der Waals surface area contributed by atoms with E-state index in [0.29, 0.717) is 36.0 Å². The highest BCUT2D eigenvalue weighted by atomic mass is 32.1. The van der Waals surface area contributed by atoms with Crippen LogP contribution < -0.4 is 16.2 Å². The molecule has 0 unspecified atom stereocenters. The van der Waals surface area contributed by atoms with Gasteiger partial charge in [0.15, 0.2) is 5.76 Å². The van der Waals surface area contributed by atoms with Gasteiger partial charge in [-0.2, -0.15) is 11.3 Å². The van der Waals surface area contributed by atoms with Crippen LogP contribution >= 0.6 is 11.3 Å². The van der Waals surface area contributed by atoms with Crippen LogP contribution in [0.4, 0.5) is 11.6 Å². The second kappa shape index (κ2) is 7.51. The Morgan fingerprint density at radius 1 is 1.00 bits per heavy atom. The molecule has 0 amide bonds. The van der Waals surface area contributed by atoms with Gasteiger partial charge in [-0.25, -0.2) is 4.98 Å². The standard InChI is InChI=1S/C20H18N4O2S/c21-19-6-5-17(20(22)23-19)18-10-15(24-26-18)9-13-1-3-16(4-2-13)25-11-14-7-8-27-12-14/h1-8,10,12H,9,11H2,(H4,21,22,23). The van der Waals surface area contributed by atoms with E-state index in [1.165, 1.54) is 5.56 Å². The Balaban J connectivity index is 1.41. The van der Waals surface area contributed by atoms with Crippen molar-refractivity contribution in [3.05, 3.63) is 76.1 Å². The Morgan fingerprint density at radius 2 is 1.85 bits per heavy atom. The number of thiophene rings is 1. The van der Waals surface area contributed by atoms with Crippen LogP contribution in [0.1, 0.15) is 16.8 Å². The van der Waals surface area contributed by atoms with E-state index in [4.69, 9.17) is 20.7 Å². The Hall–Kier alpha value is -3.32. The predicted molar refractivity (Wildman–Crippen MR) is 106 cm³/mol. The first-order valence-electron chi connectivity index (χ1n) is 8.38. The van der Waals surface area contributed by atoms with Crippen molar-refractivity contribution in [2.75, 3.05) is 11.5 Å². The molecule has 0 atom stereocenters. The number of aromatic nitrogens is 2. The van der Waals surface area contributed by atoms with Gasteiger partial charge < -0.3 is 20.7 Å². The van der Waals surface area contributed by atoms with Gasteiger partial charge in [0.05, 0.1) is 11.3 Å². The molecule has 0 radical (unpaired) electrons. The highest BCUT2D eigenvalue weighted by molar-refractivity contribution is 7.07. The molecule has 0 spiro atoms. The monoisotopic (exact) mass is 378 g/mol. The largest absolute Gasteiger partial charge is 0.489 e. The van der Waals surface area contributed by atoms with Gasteiger partial charge in [-0.05, 0) is 52.2 Å². The Kier molecular flexibility index (Phi) is 4.76. The molecular weight excluding hydrogens is 360 g/mol. The summed E-state index contributed by atoms with van der Waals surface area (Å²) in [6.45, 7) is 0.576. The molecule has 0 saturated carbocycles. The average Bonchev–Trinajstić information content (AvgIpc) is 3.33. The van der Waals surface area contributed by atoms with Crippen LogP contribution in [-0.2, 0) is 13.0 Å². The third-order valence-electron chi connectivity index (χ3n) is 4.06. The molecule has 27 heavy (non-hydrogen) atoms. The van der Waals surface area contributed by atoms with E-state index in [-0.39, 0.29) is 0 Å². The minimum atomic E-state index is 0.324. The summed E-state index contributed by atoms with van der Waals surface area (Å²) in [6.07, 6.45) is 0.649. The number of hydrogen-bond donors (Lipinski definition) is 2. The van der Waals surface area contributed by atoms with Gasteiger partial charge in [-0.1, -0.05) is 17.3 Å². The summed E-state index contributed by atoms with van der Waals surface area (Å²) in [4.78, 5) is 4.04. The van der Waals surface area contributed by atoms with Crippen molar-refractivity contribution in [3.63, 3.8) is 0 Å². The third-order valence-corrected chi connectivity index (χ3v) is 4.80. The van der Waals surface area contributed by atoms with Gasteiger partial charge in [0, 0.05) is 12.5 Å². The van der Waals surface area contributed by atoms with E-state index in [0.717, 1.165) is 17.0 Å². The van der Waals surface area contributed by atoms with Crippen LogP contribution in [0, 0.1) is 0 Å². The molecular formula is C20H18N4O2S. The molecule has 4 rings (SSSR count). The van der Waals surface area contributed by atoms with Crippen LogP contribution in [0.3, 0.4) is 0 Å². The van der Waals surface area contributed by atoms with Gasteiger partial charge in [-0.3, -0.25) is 0 Å². The van der Waals surface area contributed by atoms with Crippen molar-refractivity contribution in [2.45, 2.75) is 13.0 Å². The zero-order valence-electron chi connectivity index (χ0n) is 14.5. The fourth-order valence-electron chi connectivity index (χ4n) is 2.68. The molecule has 3 aromatic heterocycles. The average molecular weight is 378 g/mol. The number of nitrogens with two attached hydrogens (primary N) is 2. The molecule has 0 aliphatic heterocycles. The van der Waals surface area contributed by atoms with Gasteiger partial charge in [0.25, 0.3) is 0 Å². The van der Waals surface area contributed by atoms with Crippen molar-refractivity contribution >= 4 is 23.0 Å². The van der Waals surface area contributed by atoms with Crippen molar-refractivity contribution < 1.29 is 9.26 Å². The number of benzene rings is 1. The summed E-state index contributed by atoms with van der Waals surface area (Å²) in [5, 5.41) is 8.25. The minimum absolute atomic E-state index is 0.324. The SMILES string of the molecule is Nc1ccc(-c2cc(Cc3ccc(OCc4ccsc4)cc3)no2)c(N)n1. The number of nitrogens with zero attached hydrogens (tertiary/aromatic N) is 2. The predicted octanol–water partition coefficient (Wildman–Crippen LogP) is 4.13. The molecule has 136 valence electrons. The maximum atomic E-state index is 5.90. The molecule has 0 bridgehead atoms. The zero-order valence-corrected chi connectivity index (χ0v) is 15.3. The molecule has 0 aliphatic carbocycles. The Labute approximate surface area is 160 Å². The molecule has 3 heterocycles. The van der Waals surface area contributed by atoms with Gasteiger partial charge in [-0.15, -0.1) is 0 Å². The lowest BCUT2D eigenvalue weighted by atomic mass is 10.1. The maximum absolute atomic E-state index is 5.90. The number of ether oxygens (including phenoxy) is 1. The molecule has 4 N–H and O–H groups in total. The van der Waals surface area contributed by atoms with Crippen LogP contribution in [0.2, 0.25) is 0 Å². The first kappa shape index (κ1) is 17.1. The number of pyridine rings is 1. The van der Waals surface area contributed by atoms with Crippen molar-refractivity contribution in [3.8, 4) is 17.1 Å². The molecule has 0 saturated heterocycles. The lowest BCUT2D eigenvalue weighted by Crippen LogP contribution is -1.97. The number of nitrogen functional groups attached to an aromatic ring is 2. The quantitative estimate of drug-likeness (QED) is 0.523. The maximum Gasteiger partial charge on any atom is 0.170 e. The van der Waals surface area contributed by atoms with E-state index in [9.17, 15) is 0 Å². The normalized spacial score (nSPS) is 10.8. The highest BCUT2D eigenvalue weighted by Crippen LogP contribution is 2.27. The first-order chi connectivity index (χ1) is 13.2. The molecule has 7 heteroatoms. The van der Waals surface area contributed by atoms with Crippen molar-refractivity contribution in [1.29, 1.82) is 0 Å². The van der Waals surface area contributed by atoms with Crippen LogP contribution in [0.5, 0.6) is 5.75 Å². The van der Waals surface area contributed by atoms with Crippen molar-refractivity contribution in [1.82, 2.24) is 10.1 Å².